The molecule has 1 aromatic rings. The number of hydrogen-bond acceptors (Lipinski definition) is 7. The third-order valence-electron chi connectivity index (χ3n) is 3.18. The van der Waals surface area contributed by atoms with Gasteiger partial charge in [0, 0.05) is 0 Å². The number of aliphatic hydroxyl groups excluding tert-OH is 1. The van der Waals surface area contributed by atoms with Crippen molar-refractivity contribution >= 4 is 10.4 Å². The maximum atomic E-state index is 9.99. The molecule has 0 aliphatic rings. The van der Waals surface area contributed by atoms with Crippen molar-refractivity contribution in [1.29, 1.82) is 0 Å². The summed E-state index contributed by atoms with van der Waals surface area (Å²) in [5, 5.41) is 8.77. The largest absolute Gasteiger partial charge is 1.00 e. The summed E-state index contributed by atoms with van der Waals surface area (Å²) in [6, 6.07) is 9.50. The summed E-state index contributed by atoms with van der Waals surface area (Å²) in [5.41, 5.74) is 0. The van der Waals surface area contributed by atoms with Gasteiger partial charge in [-0.15, -0.1) is 0 Å². The maximum Gasteiger partial charge on any atom is 1.00 e. The molecule has 9 heteroatoms. The van der Waals surface area contributed by atoms with Gasteiger partial charge < -0.3 is 19.1 Å². The van der Waals surface area contributed by atoms with Crippen LogP contribution in [-0.2, 0) is 19.3 Å². The van der Waals surface area contributed by atoms with E-state index in [-0.39, 0.29) is 36.2 Å². The first kappa shape index (κ1) is 29.0. The first-order valence-electron chi connectivity index (χ1n) is 8.93. The average Bonchev–Trinajstić information content (AvgIpc) is 2.58. The van der Waals surface area contributed by atoms with E-state index in [0.29, 0.717) is 19.6 Å². The number of ether oxygens (including phenoxy) is 2. The molecular formula is C18H31NaO7S. The minimum absolute atomic E-state index is 0. The molecule has 1 unspecified atom stereocenters. The SMILES string of the molecule is CC(O)OCCOc1ccccc1.CCCCCCCCOS(=O)(=O)[O-].[Na+]. The Balaban J connectivity index is 0. The Bertz CT molecular complexity index is 524. The first-order valence-corrected chi connectivity index (χ1v) is 10.3. The van der Waals surface area contributed by atoms with E-state index in [1.54, 1.807) is 6.92 Å². The Morgan fingerprint density at radius 3 is 2.15 bits per heavy atom. The molecule has 0 saturated heterocycles. The normalized spacial score (nSPS) is 11.7. The molecule has 0 radical (unpaired) electrons. The second-order valence-electron chi connectivity index (χ2n) is 5.63. The predicted octanol–water partition coefficient (Wildman–Crippen LogP) is 0.248. The third-order valence-corrected chi connectivity index (χ3v) is 3.64. The molecule has 1 aromatic carbocycles. The van der Waals surface area contributed by atoms with Crippen molar-refractivity contribution in [1.82, 2.24) is 0 Å². The van der Waals surface area contributed by atoms with E-state index in [0.717, 1.165) is 18.6 Å². The summed E-state index contributed by atoms with van der Waals surface area (Å²) in [4.78, 5) is 0. The van der Waals surface area contributed by atoms with Gasteiger partial charge in [-0.3, -0.25) is 4.18 Å². The molecule has 1 N–H and O–H groups in total. The van der Waals surface area contributed by atoms with Crippen molar-refractivity contribution < 1.29 is 61.3 Å². The van der Waals surface area contributed by atoms with Crippen LogP contribution < -0.4 is 34.3 Å². The topological polar surface area (TPSA) is 105 Å². The molecule has 27 heavy (non-hydrogen) atoms. The molecule has 0 spiro atoms. The van der Waals surface area contributed by atoms with Gasteiger partial charge in [0.05, 0.1) is 13.2 Å². The van der Waals surface area contributed by atoms with Crippen molar-refractivity contribution in [3.05, 3.63) is 30.3 Å². The number of unbranched alkanes of at least 4 members (excludes halogenated alkanes) is 5. The van der Waals surface area contributed by atoms with E-state index >= 15 is 0 Å². The van der Waals surface area contributed by atoms with E-state index in [4.69, 9.17) is 14.6 Å². The summed E-state index contributed by atoms with van der Waals surface area (Å²) in [6.07, 6.45) is 5.49. The Hall–Kier alpha value is -0.190. The second kappa shape index (κ2) is 19.1. The minimum Gasteiger partial charge on any atom is -0.726 e. The van der Waals surface area contributed by atoms with Crippen LogP contribution in [0.5, 0.6) is 5.75 Å². The number of rotatable bonds is 13. The molecule has 152 valence electrons. The van der Waals surface area contributed by atoms with Gasteiger partial charge in [-0.1, -0.05) is 57.2 Å². The Labute approximate surface area is 185 Å². The van der Waals surface area contributed by atoms with Gasteiger partial charge in [-0.25, -0.2) is 8.42 Å². The molecule has 0 bridgehead atoms. The standard InChI is InChI=1S/C10H14O3.C8H18O4S.Na/c1-9(11)12-7-8-13-10-5-3-2-4-6-10;1-2-3-4-5-6-7-8-12-13(9,10)11;/h2-6,9,11H,7-8H2,1H3;2-8H2,1H3,(H,9,10,11);/q;;+1/p-1. The molecule has 0 aromatic heterocycles. The first-order chi connectivity index (χ1) is 12.3. The van der Waals surface area contributed by atoms with Crippen molar-refractivity contribution in [2.24, 2.45) is 0 Å². The fourth-order valence-corrected chi connectivity index (χ4v) is 2.26. The summed E-state index contributed by atoms with van der Waals surface area (Å²) < 4.78 is 44.2. The van der Waals surface area contributed by atoms with Gasteiger partial charge in [-0.2, -0.15) is 0 Å². The van der Waals surface area contributed by atoms with Crippen LogP contribution in [0, 0.1) is 0 Å². The smallest absolute Gasteiger partial charge is 0.726 e. The molecule has 7 nitrogen and oxygen atoms in total. The van der Waals surface area contributed by atoms with E-state index in [1.807, 2.05) is 30.3 Å². The van der Waals surface area contributed by atoms with Crippen LogP contribution in [0.1, 0.15) is 52.4 Å². The second-order valence-corrected chi connectivity index (χ2v) is 6.68. The Kier molecular flexibility index (Phi) is 20.6. The number of para-hydroxylation sites is 1. The quantitative estimate of drug-likeness (QED) is 0.162. The zero-order chi connectivity index (χ0) is 19.7. The van der Waals surface area contributed by atoms with Crippen molar-refractivity contribution in [3.8, 4) is 5.75 Å². The van der Waals surface area contributed by atoms with Crippen LogP contribution in [0.15, 0.2) is 30.3 Å². The van der Waals surface area contributed by atoms with Crippen LogP contribution in [0.25, 0.3) is 0 Å². The molecule has 0 amide bonds. The number of aliphatic hydroxyl groups is 1. The van der Waals surface area contributed by atoms with Crippen LogP contribution in [0.3, 0.4) is 0 Å². The molecule has 0 saturated carbocycles. The van der Waals surface area contributed by atoms with Crippen LogP contribution in [0.4, 0.5) is 0 Å². The molecule has 1 rings (SSSR count). The number of benzene rings is 1. The molecular weight excluding hydrogens is 383 g/mol. The van der Waals surface area contributed by atoms with Gasteiger partial charge in [0.1, 0.15) is 12.4 Å². The van der Waals surface area contributed by atoms with E-state index in [2.05, 4.69) is 11.1 Å². The van der Waals surface area contributed by atoms with Crippen LogP contribution >= 0.6 is 0 Å². The molecule has 1 atom stereocenters. The van der Waals surface area contributed by atoms with Gasteiger partial charge >= 0.3 is 29.6 Å². The van der Waals surface area contributed by atoms with E-state index in [9.17, 15) is 13.0 Å². The summed E-state index contributed by atoms with van der Waals surface area (Å²) in [5.74, 6) is 0.816. The Morgan fingerprint density at radius 1 is 1.00 bits per heavy atom. The van der Waals surface area contributed by atoms with Gasteiger partial charge in [0.25, 0.3) is 0 Å². The zero-order valence-electron chi connectivity index (χ0n) is 16.6. The van der Waals surface area contributed by atoms with Crippen molar-refractivity contribution in [2.75, 3.05) is 19.8 Å². The van der Waals surface area contributed by atoms with E-state index < -0.39 is 16.7 Å². The fourth-order valence-electron chi connectivity index (χ4n) is 1.94. The van der Waals surface area contributed by atoms with Crippen LogP contribution in [0.2, 0.25) is 0 Å². The van der Waals surface area contributed by atoms with Gasteiger partial charge in [0.2, 0.25) is 10.4 Å². The zero-order valence-corrected chi connectivity index (χ0v) is 19.4. The molecule has 0 aliphatic heterocycles. The predicted molar refractivity (Wildman–Crippen MR) is 98.6 cm³/mol. The monoisotopic (exact) mass is 414 g/mol. The van der Waals surface area contributed by atoms with Gasteiger partial charge in [0.15, 0.2) is 6.29 Å². The summed E-state index contributed by atoms with van der Waals surface area (Å²) in [7, 11) is -4.47. The van der Waals surface area contributed by atoms with E-state index in [1.165, 1.54) is 19.3 Å². The van der Waals surface area contributed by atoms with Crippen molar-refractivity contribution in [2.45, 2.75) is 58.7 Å². The summed E-state index contributed by atoms with van der Waals surface area (Å²) >= 11 is 0. The number of hydrogen-bond donors (Lipinski definition) is 1. The van der Waals surface area contributed by atoms with Crippen LogP contribution in [-0.4, -0.2) is 44.2 Å². The van der Waals surface area contributed by atoms with Gasteiger partial charge in [-0.05, 0) is 25.5 Å². The fraction of sp³-hybridized carbons (Fsp3) is 0.667. The Morgan fingerprint density at radius 2 is 1.59 bits per heavy atom. The minimum atomic E-state index is -4.47. The maximum absolute atomic E-state index is 9.99. The molecule has 0 fully saturated rings. The summed E-state index contributed by atoms with van der Waals surface area (Å²) in [6.45, 7) is 4.58. The molecule has 0 aliphatic carbocycles. The van der Waals surface area contributed by atoms with Crippen molar-refractivity contribution in [3.63, 3.8) is 0 Å². The average molecular weight is 414 g/mol. The third kappa shape index (κ3) is 23.8. The molecule has 0 heterocycles.